The third-order valence-corrected chi connectivity index (χ3v) is 4.01. The van der Waals surface area contributed by atoms with Crippen molar-refractivity contribution in [2.24, 2.45) is 5.92 Å². The van der Waals surface area contributed by atoms with Gasteiger partial charge in [0.15, 0.2) is 0 Å². The van der Waals surface area contributed by atoms with E-state index < -0.39 is 0 Å². The molecule has 0 heterocycles. The highest BCUT2D eigenvalue weighted by atomic mass is 35.5. The maximum Gasteiger partial charge on any atom is 0.122 e. The second-order valence-electron chi connectivity index (χ2n) is 5.34. The smallest absolute Gasteiger partial charge is 0.122 e. The summed E-state index contributed by atoms with van der Waals surface area (Å²) in [6.45, 7) is 2.24. The van der Waals surface area contributed by atoms with Gasteiger partial charge in [0.2, 0.25) is 0 Å². The first kappa shape index (κ1) is 15.9. The Kier molecular flexibility index (Phi) is 5.66. The van der Waals surface area contributed by atoms with E-state index in [2.05, 4.69) is 19.1 Å². The van der Waals surface area contributed by atoms with Gasteiger partial charge >= 0.3 is 0 Å². The van der Waals surface area contributed by atoms with Gasteiger partial charge < -0.3 is 9.84 Å². The Bertz CT molecular complexity index is 596. The molecule has 2 aromatic rings. The summed E-state index contributed by atoms with van der Waals surface area (Å²) in [6.07, 6.45) is 1.59. The Morgan fingerprint density at radius 2 is 1.81 bits per heavy atom. The van der Waals surface area contributed by atoms with Crippen LogP contribution in [0.2, 0.25) is 5.02 Å². The summed E-state index contributed by atoms with van der Waals surface area (Å²) in [4.78, 5) is 0. The van der Waals surface area contributed by atoms with Crippen molar-refractivity contribution in [1.82, 2.24) is 0 Å². The molecule has 2 nitrogen and oxygen atoms in total. The van der Waals surface area contributed by atoms with Crippen LogP contribution in [-0.2, 0) is 12.8 Å². The van der Waals surface area contributed by atoms with Crippen molar-refractivity contribution in [3.63, 3.8) is 0 Å². The van der Waals surface area contributed by atoms with Gasteiger partial charge in [-0.25, -0.2) is 0 Å². The topological polar surface area (TPSA) is 29.5 Å². The minimum absolute atomic E-state index is 0.143. The first-order valence-electron chi connectivity index (χ1n) is 7.11. The molecule has 0 radical (unpaired) electrons. The van der Waals surface area contributed by atoms with Gasteiger partial charge in [-0.1, -0.05) is 35.9 Å². The van der Waals surface area contributed by atoms with Gasteiger partial charge in [0.1, 0.15) is 5.75 Å². The molecule has 0 spiro atoms. The van der Waals surface area contributed by atoms with Crippen LogP contribution in [0.25, 0.3) is 0 Å². The molecule has 0 aliphatic heterocycles. The molecule has 0 bridgehead atoms. The van der Waals surface area contributed by atoms with Crippen LogP contribution < -0.4 is 4.74 Å². The van der Waals surface area contributed by atoms with Crippen molar-refractivity contribution < 1.29 is 9.84 Å². The minimum atomic E-state index is 0.143. The molecule has 0 aliphatic carbocycles. The molecule has 0 saturated carbocycles. The molecular weight excluding hydrogens is 284 g/mol. The maximum absolute atomic E-state index is 9.70. The van der Waals surface area contributed by atoms with E-state index in [4.69, 9.17) is 16.3 Å². The molecule has 0 aromatic heterocycles. The number of halogens is 1. The molecule has 3 heteroatoms. The van der Waals surface area contributed by atoms with Gasteiger partial charge in [0.25, 0.3) is 0 Å². The summed E-state index contributed by atoms with van der Waals surface area (Å²) in [5.74, 6) is 0.973. The zero-order chi connectivity index (χ0) is 15.2. The van der Waals surface area contributed by atoms with E-state index in [1.165, 1.54) is 11.1 Å². The summed E-state index contributed by atoms with van der Waals surface area (Å²) in [7, 11) is 1.65. The lowest BCUT2D eigenvalue weighted by Crippen LogP contribution is -2.14. The molecule has 0 aliphatic rings. The third-order valence-electron chi connectivity index (χ3n) is 3.78. The van der Waals surface area contributed by atoms with E-state index in [0.29, 0.717) is 5.02 Å². The van der Waals surface area contributed by atoms with Gasteiger partial charge in [-0.15, -0.1) is 0 Å². The number of rotatable bonds is 6. The van der Waals surface area contributed by atoms with Crippen LogP contribution >= 0.6 is 11.6 Å². The summed E-state index contributed by atoms with van der Waals surface area (Å²) in [5.41, 5.74) is 3.57. The Hall–Kier alpha value is -1.51. The van der Waals surface area contributed by atoms with Crippen LogP contribution in [0.4, 0.5) is 0 Å². The Morgan fingerprint density at radius 3 is 2.48 bits per heavy atom. The first-order chi connectivity index (χ1) is 10.1. The minimum Gasteiger partial charge on any atom is -0.496 e. The average Bonchev–Trinajstić information content (AvgIpc) is 2.49. The molecule has 0 saturated heterocycles. The van der Waals surface area contributed by atoms with Crippen LogP contribution in [0.5, 0.6) is 5.75 Å². The quantitative estimate of drug-likeness (QED) is 0.872. The lowest BCUT2D eigenvalue weighted by molar-refractivity contribution is 0.224. The molecule has 1 N–H and O–H groups in total. The van der Waals surface area contributed by atoms with Crippen LogP contribution in [0.3, 0.4) is 0 Å². The number of hydrogen-bond acceptors (Lipinski definition) is 2. The van der Waals surface area contributed by atoms with E-state index in [1.54, 1.807) is 7.11 Å². The van der Waals surface area contributed by atoms with Crippen LogP contribution in [0.15, 0.2) is 42.5 Å². The largest absolute Gasteiger partial charge is 0.496 e. The van der Waals surface area contributed by atoms with Crippen LogP contribution in [0.1, 0.15) is 16.7 Å². The van der Waals surface area contributed by atoms with Gasteiger partial charge in [-0.3, -0.25) is 0 Å². The van der Waals surface area contributed by atoms with Gasteiger partial charge in [-0.2, -0.15) is 0 Å². The molecular formula is C18H21ClO2. The predicted molar refractivity (Wildman–Crippen MR) is 87.2 cm³/mol. The fourth-order valence-corrected chi connectivity index (χ4v) is 2.76. The highest BCUT2D eigenvalue weighted by molar-refractivity contribution is 6.30. The molecule has 2 rings (SSSR count). The fourth-order valence-electron chi connectivity index (χ4n) is 2.57. The zero-order valence-electron chi connectivity index (χ0n) is 12.5. The van der Waals surface area contributed by atoms with E-state index in [1.807, 2.05) is 30.3 Å². The molecule has 2 aromatic carbocycles. The van der Waals surface area contributed by atoms with Crippen molar-refractivity contribution in [2.75, 3.05) is 13.7 Å². The monoisotopic (exact) mass is 304 g/mol. The lowest BCUT2D eigenvalue weighted by atomic mass is 9.91. The highest BCUT2D eigenvalue weighted by Gasteiger charge is 2.14. The number of hydrogen-bond donors (Lipinski definition) is 1. The normalized spacial score (nSPS) is 12.2. The summed E-state index contributed by atoms with van der Waals surface area (Å²) in [5, 5.41) is 10.4. The van der Waals surface area contributed by atoms with Crippen molar-refractivity contribution in [3.8, 4) is 5.75 Å². The Labute approximate surface area is 131 Å². The van der Waals surface area contributed by atoms with Gasteiger partial charge in [0, 0.05) is 11.6 Å². The van der Waals surface area contributed by atoms with Crippen molar-refractivity contribution in [1.29, 1.82) is 0 Å². The second kappa shape index (κ2) is 7.48. The summed E-state index contributed by atoms with van der Waals surface area (Å²) >= 11 is 6.07. The summed E-state index contributed by atoms with van der Waals surface area (Å²) < 4.78 is 5.38. The zero-order valence-corrected chi connectivity index (χ0v) is 13.2. The number of methoxy groups -OCH3 is 1. The molecule has 1 unspecified atom stereocenters. The van der Waals surface area contributed by atoms with Gasteiger partial charge in [-0.05, 0) is 60.6 Å². The van der Waals surface area contributed by atoms with E-state index in [9.17, 15) is 5.11 Å². The standard InChI is InChI=1S/C18H21ClO2/c1-13-5-3-4-6-15(13)9-14(12-20)10-16-11-17(19)7-8-18(16)21-2/h3-8,11,14,20H,9-10,12H2,1-2H3. The van der Waals surface area contributed by atoms with E-state index in [-0.39, 0.29) is 12.5 Å². The van der Waals surface area contributed by atoms with Crippen molar-refractivity contribution >= 4 is 11.6 Å². The predicted octanol–water partition coefficient (Wildman–Crippen LogP) is 4.05. The van der Waals surface area contributed by atoms with Crippen molar-refractivity contribution in [3.05, 3.63) is 64.2 Å². The van der Waals surface area contributed by atoms with E-state index in [0.717, 1.165) is 24.2 Å². The molecule has 21 heavy (non-hydrogen) atoms. The SMILES string of the molecule is COc1ccc(Cl)cc1CC(CO)Cc1ccccc1C. The Balaban J connectivity index is 2.16. The third kappa shape index (κ3) is 4.23. The summed E-state index contributed by atoms with van der Waals surface area (Å²) in [6, 6.07) is 13.9. The molecule has 0 fully saturated rings. The lowest BCUT2D eigenvalue weighted by Gasteiger charge is -2.17. The van der Waals surface area contributed by atoms with Gasteiger partial charge in [0.05, 0.1) is 7.11 Å². The number of aryl methyl sites for hydroxylation is 1. The number of aliphatic hydroxyl groups excluding tert-OH is 1. The molecule has 0 amide bonds. The average molecular weight is 305 g/mol. The number of benzene rings is 2. The number of ether oxygens (including phenoxy) is 1. The first-order valence-corrected chi connectivity index (χ1v) is 7.49. The Morgan fingerprint density at radius 1 is 1.10 bits per heavy atom. The molecule has 112 valence electrons. The number of aliphatic hydroxyl groups is 1. The highest BCUT2D eigenvalue weighted by Crippen LogP contribution is 2.26. The van der Waals surface area contributed by atoms with E-state index >= 15 is 0 Å². The van der Waals surface area contributed by atoms with Crippen LogP contribution in [-0.4, -0.2) is 18.8 Å². The molecule has 1 atom stereocenters. The second-order valence-corrected chi connectivity index (χ2v) is 5.78. The van der Waals surface area contributed by atoms with Crippen molar-refractivity contribution in [2.45, 2.75) is 19.8 Å². The maximum atomic E-state index is 9.70. The van der Waals surface area contributed by atoms with Crippen LogP contribution in [0, 0.1) is 12.8 Å². The fraction of sp³-hybridized carbons (Fsp3) is 0.333.